The first-order valence-corrected chi connectivity index (χ1v) is 7.62. The van der Waals surface area contributed by atoms with Crippen LogP contribution >= 0.6 is 22.9 Å². The summed E-state index contributed by atoms with van der Waals surface area (Å²) in [5.41, 5.74) is 1.51. The van der Waals surface area contributed by atoms with Crippen LogP contribution in [0.2, 0.25) is 4.34 Å². The standard InChI is InChI=1S/C14H18ClN3OS/c1-9(2)14-16-6-12(11(8-19)17-14)18(3)7-10-4-5-13(15)20-10/h4-6,9,19H,7-8H2,1-3H3. The van der Waals surface area contributed by atoms with E-state index >= 15 is 0 Å². The average Bonchev–Trinajstić information content (AvgIpc) is 2.83. The highest BCUT2D eigenvalue weighted by atomic mass is 35.5. The van der Waals surface area contributed by atoms with Crippen LogP contribution in [0.25, 0.3) is 0 Å². The minimum Gasteiger partial charge on any atom is -0.390 e. The highest BCUT2D eigenvalue weighted by Gasteiger charge is 2.13. The molecule has 0 atom stereocenters. The third-order valence-electron chi connectivity index (χ3n) is 2.96. The van der Waals surface area contributed by atoms with Gasteiger partial charge in [-0.1, -0.05) is 25.4 Å². The third-order valence-corrected chi connectivity index (χ3v) is 4.18. The summed E-state index contributed by atoms with van der Waals surface area (Å²) < 4.78 is 0.780. The lowest BCUT2D eigenvalue weighted by atomic mass is 10.2. The van der Waals surface area contributed by atoms with Crippen LogP contribution in [-0.4, -0.2) is 22.1 Å². The number of rotatable bonds is 5. The van der Waals surface area contributed by atoms with Crippen LogP contribution in [0, 0.1) is 0 Å². The SMILES string of the molecule is CC(C)c1ncc(N(C)Cc2ccc(Cl)s2)c(CO)n1. The third kappa shape index (κ3) is 3.48. The predicted molar refractivity (Wildman–Crippen MR) is 83.5 cm³/mol. The van der Waals surface area contributed by atoms with E-state index in [4.69, 9.17) is 11.6 Å². The summed E-state index contributed by atoms with van der Waals surface area (Å²) in [6, 6.07) is 3.90. The molecular formula is C14H18ClN3OS. The molecule has 0 fully saturated rings. The largest absolute Gasteiger partial charge is 0.390 e. The first-order valence-electron chi connectivity index (χ1n) is 6.43. The molecule has 1 N–H and O–H groups in total. The van der Waals surface area contributed by atoms with Crippen molar-refractivity contribution in [2.24, 2.45) is 0 Å². The monoisotopic (exact) mass is 311 g/mol. The zero-order valence-electron chi connectivity index (χ0n) is 11.8. The molecule has 0 radical (unpaired) electrons. The second-order valence-corrected chi connectivity index (χ2v) is 6.73. The molecule has 0 spiro atoms. The van der Waals surface area contributed by atoms with Gasteiger partial charge in [0.2, 0.25) is 0 Å². The van der Waals surface area contributed by atoms with Gasteiger partial charge < -0.3 is 10.0 Å². The van der Waals surface area contributed by atoms with Crippen molar-refractivity contribution in [2.75, 3.05) is 11.9 Å². The Morgan fingerprint density at radius 3 is 2.70 bits per heavy atom. The summed E-state index contributed by atoms with van der Waals surface area (Å²) in [4.78, 5) is 12.0. The molecule has 2 aromatic rings. The van der Waals surface area contributed by atoms with E-state index in [-0.39, 0.29) is 12.5 Å². The highest BCUT2D eigenvalue weighted by molar-refractivity contribution is 7.16. The molecular weight excluding hydrogens is 294 g/mol. The summed E-state index contributed by atoms with van der Waals surface area (Å²) in [5.74, 6) is 1.00. The predicted octanol–water partition coefficient (Wildman–Crippen LogP) is 3.44. The van der Waals surface area contributed by atoms with Crippen LogP contribution in [-0.2, 0) is 13.2 Å². The van der Waals surface area contributed by atoms with Crippen LogP contribution in [0.5, 0.6) is 0 Å². The number of thiophene rings is 1. The van der Waals surface area contributed by atoms with Gasteiger partial charge in [0.15, 0.2) is 0 Å². The molecule has 0 aliphatic heterocycles. The second-order valence-electron chi connectivity index (χ2n) is 4.93. The van der Waals surface area contributed by atoms with Gasteiger partial charge in [0.05, 0.1) is 35.1 Å². The molecule has 2 heterocycles. The lowest BCUT2D eigenvalue weighted by molar-refractivity contribution is 0.276. The molecule has 0 bridgehead atoms. The van der Waals surface area contributed by atoms with Gasteiger partial charge in [-0.25, -0.2) is 9.97 Å². The van der Waals surface area contributed by atoms with Crippen molar-refractivity contribution in [1.82, 2.24) is 9.97 Å². The molecule has 6 heteroatoms. The summed E-state index contributed by atoms with van der Waals surface area (Å²) in [6.07, 6.45) is 1.78. The number of halogens is 1. The molecule has 0 unspecified atom stereocenters. The van der Waals surface area contributed by atoms with Gasteiger partial charge in [0, 0.05) is 17.8 Å². The lowest BCUT2D eigenvalue weighted by Gasteiger charge is -2.21. The molecule has 0 amide bonds. The smallest absolute Gasteiger partial charge is 0.131 e. The lowest BCUT2D eigenvalue weighted by Crippen LogP contribution is -2.19. The van der Waals surface area contributed by atoms with E-state index in [9.17, 15) is 5.11 Å². The van der Waals surface area contributed by atoms with Crippen LogP contribution in [0.4, 0.5) is 5.69 Å². The van der Waals surface area contributed by atoms with Crippen molar-refractivity contribution in [1.29, 1.82) is 0 Å². The first kappa shape index (κ1) is 15.2. The van der Waals surface area contributed by atoms with Crippen LogP contribution in [0.3, 0.4) is 0 Å². The fourth-order valence-corrected chi connectivity index (χ4v) is 3.04. The fraction of sp³-hybridized carbons (Fsp3) is 0.429. The van der Waals surface area contributed by atoms with Crippen LogP contribution < -0.4 is 4.90 Å². The maximum atomic E-state index is 9.51. The Labute approximate surface area is 128 Å². The molecule has 108 valence electrons. The van der Waals surface area contributed by atoms with Gasteiger partial charge in [-0.05, 0) is 12.1 Å². The molecule has 2 aromatic heterocycles. The summed E-state index contributed by atoms with van der Waals surface area (Å²) in [6.45, 7) is 4.70. The number of aromatic nitrogens is 2. The maximum Gasteiger partial charge on any atom is 0.131 e. The number of nitrogens with zero attached hydrogens (tertiary/aromatic N) is 3. The van der Waals surface area contributed by atoms with Crippen molar-refractivity contribution in [3.8, 4) is 0 Å². The Kier molecular flexibility index (Phi) is 4.96. The van der Waals surface area contributed by atoms with Gasteiger partial charge in [-0.15, -0.1) is 11.3 Å². The highest BCUT2D eigenvalue weighted by Crippen LogP contribution is 2.26. The molecule has 0 aromatic carbocycles. The Hall–Kier alpha value is -1.17. The van der Waals surface area contributed by atoms with Gasteiger partial charge in [0.1, 0.15) is 5.82 Å². The topological polar surface area (TPSA) is 49.2 Å². The Balaban J connectivity index is 2.22. The molecule has 0 aliphatic carbocycles. The molecule has 0 saturated heterocycles. The van der Waals surface area contributed by atoms with E-state index in [1.807, 2.05) is 37.9 Å². The van der Waals surface area contributed by atoms with Gasteiger partial charge in [-0.2, -0.15) is 0 Å². The first-order chi connectivity index (χ1) is 9.51. The molecule has 4 nitrogen and oxygen atoms in total. The quantitative estimate of drug-likeness (QED) is 0.919. The Bertz CT molecular complexity index is 586. The van der Waals surface area contributed by atoms with E-state index in [0.29, 0.717) is 5.69 Å². The zero-order valence-corrected chi connectivity index (χ0v) is 13.4. The molecule has 0 saturated carbocycles. The van der Waals surface area contributed by atoms with Crippen molar-refractivity contribution in [3.05, 3.63) is 39.1 Å². The minimum absolute atomic E-state index is 0.0902. The number of aliphatic hydroxyl groups is 1. The summed E-state index contributed by atoms with van der Waals surface area (Å²) in [7, 11) is 1.96. The Morgan fingerprint density at radius 1 is 1.40 bits per heavy atom. The molecule has 20 heavy (non-hydrogen) atoms. The van der Waals surface area contributed by atoms with E-state index < -0.39 is 0 Å². The van der Waals surface area contributed by atoms with Crippen LogP contribution in [0.15, 0.2) is 18.3 Å². The van der Waals surface area contributed by atoms with Crippen molar-refractivity contribution >= 4 is 28.6 Å². The fourth-order valence-electron chi connectivity index (χ4n) is 1.90. The summed E-state index contributed by atoms with van der Waals surface area (Å²) >= 11 is 7.49. The van der Waals surface area contributed by atoms with Gasteiger partial charge in [-0.3, -0.25) is 0 Å². The number of aliphatic hydroxyl groups excluding tert-OH is 1. The Morgan fingerprint density at radius 2 is 2.15 bits per heavy atom. The van der Waals surface area contributed by atoms with Crippen molar-refractivity contribution in [3.63, 3.8) is 0 Å². The molecule has 2 rings (SSSR count). The zero-order chi connectivity index (χ0) is 14.7. The van der Waals surface area contributed by atoms with Gasteiger partial charge >= 0.3 is 0 Å². The second kappa shape index (κ2) is 6.52. The average molecular weight is 312 g/mol. The minimum atomic E-state index is -0.0902. The van der Waals surface area contributed by atoms with E-state index in [1.165, 1.54) is 0 Å². The number of anilines is 1. The number of hydrogen-bond donors (Lipinski definition) is 1. The van der Waals surface area contributed by atoms with E-state index in [2.05, 4.69) is 9.97 Å². The molecule has 0 aliphatic rings. The number of hydrogen-bond acceptors (Lipinski definition) is 5. The maximum absolute atomic E-state index is 9.51. The van der Waals surface area contributed by atoms with Gasteiger partial charge in [0.25, 0.3) is 0 Å². The normalized spacial score (nSPS) is 11.1. The van der Waals surface area contributed by atoms with E-state index in [0.717, 1.165) is 27.3 Å². The summed E-state index contributed by atoms with van der Waals surface area (Å²) in [5, 5.41) is 9.51. The van der Waals surface area contributed by atoms with Crippen molar-refractivity contribution < 1.29 is 5.11 Å². The van der Waals surface area contributed by atoms with Crippen LogP contribution in [0.1, 0.15) is 36.2 Å². The van der Waals surface area contributed by atoms with Crippen molar-refractivity contribution in [2.45, 2.75) is 32.9 Å². The van der Waals surface area contributed by atoms with E-state index in [1.54, 1.807) is 17.5 Å².